The minimum atomic E-state index is -0.290. The summed E-state index contributed by atoms with van der Waals surface area (Å²) in [6.45, 7) is 30.8. The van der Waals surface area contributed by atoms with E-state index in [4.69, 9.17) is 0 Å². The Labute approximate surface area is 484 Å². The minimum absolute atomic E-state index is 0.0640. The normalized spacial score (nSPS) is 18.5. The average molecular weight is 1060 g/mol. The second kappa shape index (κ2) is 18.7. The molecule has 2 atom stereocenters. The van der Waals surface area contributed by atoms with Gasteiger partial charge in [0.15, 0.2) is 0 Å². The zero-order chi connectivity index (χ0) is 56.6. The maximum atomic E-state index is 2.83. The van der Waals surface area contributed by atoms with Crippen molar-refractivity contribution in [3.8, 4) is 22.3 Å². The summed E-state index contributed by atoms with van der Waals surface area (Å²) in [7, 11) is 0. The molecule has 2 unspecified atom stereocenters. The van der Waals surface area contributed by atoms with Crippen LogP contribution in [0.3, 0.4) is 0 Å². The molecule has 81 heavy (non-hydrogen) atoms. The van der Waals surface area contributed by atoms with Gasteiger partial charge >= 0.3 is 0 Å². The van der Waals surface area contributed by atoms with E-state index in [0.29, 0.717) is 0 Å². The number of anilines is 8. The van der Waals surface area contributed by atoms with Gasteiger partial charge in [-0.15, -0.1) is 0 Å². The molecule has 0 spiro atoms. The molecular weight excluding hydrogens is 978 g/mol. The zero-order valence-electron chi connectivity index (χ0n) is 50.3. The Hall–Kier alpha value is -7.56. The van der Waals surface area contributed by atoms with Crippen molar-refractivity contribution < 1.29 is 0 Å². The van der Waals surface area contributed by atoms with E-state index in [-0.39, 0.29) is 39.3 Å². The smallest absolute Gasteiger partial charge is 0.252 e. The number of hydrogen-bond donors (Lipinski definition) is 0. The van der Waals surface area contributed by atoms with Gasteiger partial charge in [-0.05, 0) is 157 Å². The fraction of sp³-hybridized carbons (Fsp3) is 0.299. The number of nitrogens with zero attached hydrogens (tertiary/aromatic N) is 3. The van der Waals surface area contributed by atoms with Crippen LogP contribution in [-0.4, -0.2) is 12.3 Å². The van der Waals surface area contributed by atoms with E-state index in [9.17, 15) is 0 Å². The van der Waals surface area contributed by atoms with Crippen LogP contribution in [0, 0.1) is 0 Å². The molecule has 4 heteroatoms. The van der Waals surface area contributed by atoms with Gasteiger partial charge < -0.3 is 14.7 Å². The van der Waals surface area contributed by atoms with Gasteiger partial charge in [0.05, 0.1) is 16.9 Å². The highest BCUT2D eigenvalue weighted by Gasteiger charge is 2.61. The van der Waals surface area contributed by atoms with Crippen LogP contribution < -0.4 is 31.1 Å². The molecule has 9 aromatic carbocycles. The maximum absolute atomic E-state index is 2.83. The topological polar surface area (TPSA) is 9.72 Å². The third-order valence-corrected chi connectivity index (χ3v) is 19.2. The summed E-state index contributed by atoms with van der Waals surface area (Å²) in [5.74, 6) is 0. The van der Waals surface area contributed by atoms with Crippen LogP contribution >= 0.6 is 0 Å². The van der Waals surface area contributed by atoms with Crippen molar-refractivity contribution in [1.82, 2.24) is 0 Å². The third kappa shape index (κ3) is 8.35. The molecule has 1 fully saturated rings. The summed E-state index contributed by atoms with van der Waals surface area (Å²) < 4.78 is 0. The first-order valence-corrected chi connectivity index (χ1v) is 30.0. The molecule has 0 saturated heterocycles. The summed E-state index contributed by atoms with van der Waals surface area (Å²) in [5.41, 5.74) is 26.0. The molecule has 0 bridgehead atoms. The van der Waals surface area contributed by atoms with E-state index in [2.05, 4.69) is 305 Å². The van der Waals surface area contributed by atoms with Gasteiger partial charge in [0.2, 0.25) is 0 Å². The first-order chi connectivity index (χ1) is 38.6. The highest BCUT2D eigenvalue weighted by Crippen LogP contribution is 2.64. The zero-order valence-corrected chi connectivity index (χ0v) is 50.3. The molecule has 3 heterocycles. The summed E-state index contributed by atoms with van der Waals surface area (Å²) in [4.78, 5) is 8.22. The summed E-state index contributed by atoms with van der Waals surface area (Å²) in [6, 6.07) is 78.2. The minimum Gasteiger partial charge on any atom is -0.334 e. The molecule has 406 valence electrons. The standard InChI is InChI=1S/C77H80BN3/c1-72(2,3)54-35-39-64(59(45-54)51-27-17-14-18-28-51)79-67-41-37-56(74(7,8)9)47-62(67)78-63-48-57(75(10,11)12)38-42-68(63)80(65-40-36-55(73(4,5)6)46-60(65)52-29-19-15-20-30-52)70-50-58(49-69(79)71(70)78)81-66-34-24-23-33-61(66)77(53-31-21-16-22-32-53)44-26-25-43-76(77,81)13/h14-24,27-42,45-50H,25-26,43-44H2,1-13H3. The molecule has 1 aliphatic carbocycles. The number of fused-ring (bicyclic) bond motifs is 7. The quantitative estimate of drug-likeness (QED) is 0.154. The lowest BCUT2D eigenvalue weighted by Gasteiger charge is -2.53. The second-order valence-electron chi connectivity index (χ2n) is 28.3. The lowest BCUT2D eigenvalue weighted by molar-refractivity contribution is 0.215. The van der Waals surface area contributed by atoms with Crippen LogP contribution in [0.25, 0.3) is 22.3 Å². The van der Waals surface area contributed by atoms with Crippen molar-refractivity contribution in [1.29, 1.82) is 0 Å². The number of rotatable bonds is 6. The lowest BCUT2D eigenvalue weighted by Crippen LogP contribution is -2.62. The van der Waals surface area contributed by atoms with Crippen LogP contribution in [-0.2, 0) is 27.1 Å². The molecule has 3 aliphatic heterocycles. The van der Waals surface area contributed by atoms with Gasteiger partial charge in [-0.1, -0.05) is 242 Å². The highest BCUT2D eigenvalue weighted by molar-refractivity contribution is 7.00. The van der Waals surface area contributed by atoms with Crippen molar-refractivity contribution >= 4 is 68.6 Å². The fourth-order valence-corrected chi connectivity index (χ4v) is 14.8. The molecular formula is C77H80BN3. The predicted octanol–water partition coefficient (Wildman–Crippen LogP) is 19.1. The average Bonchev–Trinajstić information content (AvgIpc) is 2.13. The number of benzene rings is 9. The van der Waals surface area contributed by atoms with E-state index in [1.165, 1.54) is 130 Å². The van der Waals surface area contributed by atoms with Crippen LogP contribution in [0.5, 0.6) is 0 Å². The number of para-hydroxylation sites is 1. The van der Waals surface area contributed by atoms with Crippen LogP contribution in [0.15, 0.2) is 200 Å². The van der Waals surface area contributed by atoms with Gasteiger partial charge in [-0.25, -0.2) is 0 Å². The molecule has 0 aromatic heterocycles. The second-order valence-corrected chi connectivity index (χ2v) is 28.3. The largest absolute Gasteiger partial charge is 0.334 e. The van der Waals surface area contributed by atoms with Gasteiger partial charge in [-0.3, -0.25) is 0 Å². The highest BCUT2D eigenvalue weighted by atomic mass is 15.3. The Kier molecular flexibility index (Phi) is 12.2. The van der Waals surface area contributed by atoms with E-state index >= 15 is 0 Å². The Balaban J connectivity index is 1.21. The summed E-state index contributed by atoms with van der Waals surface area (Å²) in [6.07, 6.45) is 4.51. The van der Waals surface area contributed by atoms with Crippen molar-refractivity contribution in [3.63, 3.8) is 0 Å². The Morgan fingerprint density at radius 2 is 0.765 bits per heavy atom. The van der Waals surface area contributed by atoms with E-state index < -0.39 is 0 Å². The van der Waals surface area contributed by atoms with Crippen molar-refractivity contribution in [2.45, 2.75) is 148 Å². The molecule has 4 aliphatic rings. The molecule has 9 aromatic rings. The molecule has 0 N–H and O–H groups in total. The summed E-state index contributed by atoms with van der Waals surface area (Å²) >= 11 is 0. The molecule has 1 saturated carbocycles. The lowest BCUT2D eigenvalue weighted by atomic mass is 9.33. The van der Waals surface area contributed by atoms with Gasteiger partial charge in [-0.2, -0.15) is 0 Å². The predicted molar refractivity (Wildman–Crippen MR) is 349 cm³/mol. The van der Waals surface area contributed by atoms with Gasteiger partial charge in [0, 0.05) is 50.7 Å². The van der Waals surface area contributed by atoms with E-state index in [1.807, 2.05) is 0 Å². The molecule has 3 nitrogen and oxygen atoms in total. The van der Waals surface area contributed by atoms with Crippen LogP contribution in [0.4, 0.5) is 45.5 Å². The third-order valence-electron chi connectivity index (χ3n) is 19.2. The molecule has 13 rings (SSSR count). The van der Waals surface area contributed by atoms with Gasteiger partial charge in [0.25, 0.3) is 6.71 Å². The van der Waals surface area contributed by atoms with Crippen LogP contribution in [0.1, 0.15) is 149 Å². The maximum Gasteiger partial charge on any atom is 0.252 e. The van der Waals surface area contributed by atoms with Gasteiger partial charge in [0.1, 0.15) is 0 Å². The Morgan fingerprint density at radius 3 is 1.22 bits per heavy atom. The molecule has 0 amide bonds. The van der Waals surface area contributed by atoms with Crippen molar-refractivity contribution in [3.05, 3.63) is 234 Å². The van der Waals surface area contributed by atoms with Crippen molar-refractivity contribution in [2.24, 2.45) is 0 Å². The summed E-state index contributed by atoms with van der Waals surface area (Å²) in [5, 5.41) is 0. The van der Waals surface area contributed by atoms with E-state index in [1.54, 1.807) is 0 Å². The Bertz CT molecular complexity index is 3710. The first kappa shape index (κ1) is 52.8. The van der Waals surface area contributed by atoms with E-state index in [0.717, 1.165) is 12.8 Å². The first-order valence-electron chi connectivity index (χ1n) is 30.0. The monoisotopic (exact) mass is 1060 g/mol. The van der Waals surface area contributed by atoms with Crippen molar-refractivity contribution in [2.75, 3.05) is 14.7 Å². The fourth-order valence-electron chi connectivity index (χ4n) is 14.8. The van der Waals surface area contributed by atoms with Crippen LogP contribution in [0.2, 0.25) is 0 Å². The number of hydrogen-bond acceptors (Lipinski definition) is 3. The Morgan fingerprint density at radius 1 is 0.370 bits per heavy atom. The molecule has 0 radical (unpaired) electrons. The SMILES string of the molecule is CC(C)(C)c1ccc2c(c1)B1c3cc(C(C)(C)C)ccc3N(c3ccc(C(C)(C)C)cc3-c3ccccc3)c3cc(N4c5ccccc5C5(c6ccccc6)CCCCC45C)cc(c31)N2c1ccc(C(C)(C)C)cc1-c1ccccc1.